The minimum Gasteiger partial charge on any atom is -0.381 e. The molecule has 138 valence electrons. The summed E-state index contributed by atoms with van der Waals surface area (Å²) in [5.74, 6) is 0.595. The minimum atomic E-state index is -3.57. The van der Waals surface area contributed by atoms with Crippen LogP contribution in [0.5, 0.6) is 0 Å². The zero-order valence-electron chi connectivity index (χ0n) is 14.4. The highest BCUT2D eigenvalue weighted by Crippen LogP contribution is 2.24. The van der Waals surface area contributed by atoms with E-state index in [2.05, 4.69) is 18.6 Å². The largest absolute Gasteiger partial charge is 0.381 e. The lowest BCUT2D eigenvalue weighted by Crippen LogP contribution is -2.25. The Morgan fingerprint density at radius 1 is 1.17 bits per heavy atom. The summed E-state index contributed by atoms with van der Waals surface area (Å²) >= 11 is 11.7. The maximum atomic E-state index is 12.1. The van der Waals surface area contributed by atoms with Gasteiger partial charge < -0.3 is 4.74 Å². The molecular formula is C17H27Cl2NO3S. The lowest BCUT2D eigenvalue weighted by molar-refractivity contribution is 0.0928. The fourth-order valence-corrected chi connectivity index (χ4v) is 3.72. The maximum Gasteiger partial charge on any atom is 0.240 e. The number of hydrogen-bond acceptors (Lipinski definition) is 3. The Balaban J connectivity index is 2.30. The summed E-state index contributed by atoms with van der Waals surface area (Å²) in [7, 11) is -3.57. The van der Waals surface area contributed by atoms with Crippen LogP contribution in [-0.2, 0) is 14.8 Å². The molecule has 0 aliphatic heterocycles. The molecule has 1 N–H and O–H groups in total. The second-order valence-electron chi connectivity index (χ2n) is 5.82. The van der Waals surface area contributed by atoms with Crippen LogP contribution in [0, 0.1) is 5.92 Å². The van der Waals surface area contributed by atoms with Crippen LogP contribution >= 0.6 is 23.2 Å². The van der Waals surface area contributed by atoms with E-state index in [-0.39, 0.29) is 9.92 Å². The lowest BCUT2D eigenvalue weighted by Gasteiger charge is -2.14. The molecule has 1 unspecified atom stereocenters. The molecule has 1 rings (SSSR count). The first kappa shape index (κ1) is 21.7. The zero-order chi connectivity index (χ0) is 18.0. The normalized spacial score (nSPS) is 13.2. The molecule has 0 bridgehead atoms. The summed E-state index contributed by atoms with van der Waals surface area (Å²) in [5, 5.41) is 0.554. The smallest absolute Gasteiger partial charge is 0.240 e. The first-order chi connectivity index (χ1) is 11.4. The Bertz CT molecular complexity index is 593. The van der Waals surface area contributed by atoms with Gasteiger partial charge >= 0.3 is 0 Å². The van der Waals surface area contributed by atoms with Crippen molar-refractivity contribution in [3.05, 3.63) is 28.2 Å². The van der Waals surface area contributed by atoms with E-state index >= 15 is 0 Å². The molecule has 0 spiro atoms. The second-order valence-corrected chi connectivity index (χ2v) is 8.40. The van der Waals surface area contributed by atoms with Gasteiger partial charge in [-0.25, -0.2) is 13.1 Å². The van der Waals surface area contributed by atoms with E-state index in [4.69, 9.17) is 27.9 Å². The molecule has 1 aromatic rings. The quantitative estimate of drug-likeness (QED) is 0.512. The highest BCUT2D eigenvalue weighted by atomic mass is 35.5. The van der Waals surface area contributed by atoms with Crippen LogP contribution in [-0.4, -0.2) is 28.2 Å². The van der Waals surface area contributed by atoms with Crippen molar-refractivity contribution >= 4 is 33.2 Å². The molecule has 1 aromatic carbocycles. The number of nitrogens with one attached hydrogen (secondary N) is 1. The van der Waals surface area contributed by atoms with E-state index in [1.807, 2.05) is 0 Å². The monoisotopic (exact) mass is 395 g/mol. The fourth-order valence-electron chi connectivity index (χ4n) is 2.26. The number of rotatable bonds is 12. The molecule has 0 fully saturated rings. The van der Waals surface area contributed by atoms with E-state index in [0.717, 1.165) is 13.0 Å². The molecule has 7 heteroatoms. The Hall–Kier alpha value is -0.330. The van der Waals surface area contributed by atoms with Crippen molar-refractivity contribution in [2.75, 3.05) is 19.8 Å². The van der Waals surface area contributed by atoms with Crippen molar-refractivity contribution in [1.29, 1.82) is 0 Å². The molecular weight excluding hydrogens is 369 g/mol. The van der Waals surface area contributed by atoms with Gasteiger partial charge in [-0.2, -0.15) is 0 Å². The van der Waals surface area contributed by atoms with Crippen molar-refractivity contribution in [2.45, 2.75) is 50.8 Å². The first-order valence-electron chi connectivity index (χ1n) is 8.43. The van der Waals surface area contributed by atoms with Crippen LogP contribution < -0.4 is 4.72 Å². The van der Waals surface area contributed by atoms with Gasteiger partial charge in [-0.3, -0.25) is 0 Å². The predicted molar refractivity (Wildman–Crippen MR) is 100 cm³/mol. The standard InChI is InChI=1S/C17H27Cl2NO3S/c1-3-5-7-14(4-2)13-23-11-6-10-20-24(21,22)15-8-9-16(18)17(19)12-15/h8-9,12,14,20H,3-7,10-11,13H2,1-2H3. The number of unbranched alkanes of at least 4 members (excludes halogenated alkanes) is 1. The van der Waals surface area contributed by atoms with Crippen molar-refractivity contribution in [1.82, 2.24) is 4.72 Å². The first-order valence-corrected chi connectivity index (χ1v) is 10.7. The van der Waals surface area contributed by atoms with E-state index in [0.29, 0.717) is 30.5 Å². The Kier molecular flexibility index (Phi) is 10.2. The SMILES string of the molecule is CCCCC(CC)COCCCNS(=O)(=O)c1ccc(Cl)c(Cl)c1. The summed E-state index contributed by atoms with van der Waals surface area (Å²) in [4.78, 5) is 0.114. The number of ether oxygens (including phenoxy) is 1. The van der Waals surface area contributed by atoms with Gasteiger partial charge in [0.05, 0.1) is 14.9 Å². The average molecular weight is 396 g/mol. The molecule has 0 aromatic heterocycles. The fraction of sp³-hybridized carbons (Fsp3) is 0.647. The highest BCUT2D eigenvalue weighted by Gasteiger charge is 2.14. The van der Waals surface area contributed by atoms with Gasteiger partial charge in [0.2, 0.25) is 10.0 Å². The molecule has 4 nitrogen and oxygen atoms in total. The summed E-state index contributed by atoms with van der Waals surface area (Å²) in [6, 6.07) is 4.26. The van der Waals surface area contributed by atoms with E-state index in [1.54, 1.807) is 0 Å². The second kappa shape index (κ2) is 11.3. The van der Waals surface area contributed by atoms with Gasteiger partial charge in [0.25, 0.3) is 0 Å². The lowest BCUT2D eigenvalue weighted by atomic mass is 10.0. The van der Waals surface area contributed by atoms with Gasteiger partial charge in [-0.05, 0) is 37.0 Å². The summed E-state index contributed by atoms with van der Waals surface area (Å²) in [6.45, 7) is 5.99. The van der Waals surface area contributed by atoms with Crippen LogP contribution in [0.1, 0.15) is 46.0 Å². The van der Waals surface area contributed by atoms with Crippen molar-refractivity contribution in [2.24, 2.45) is 5.92 Å². The summed E-state index contributed by atoms with van der Waals surface area (Å²) < 4.78 is 32.5. The number of halogens is 2. The molecule has 0 aliphatic rings. The van der Waals surface area contributed by atoms with Crippen LogP contribution in [0.3, 0.4) is 0 Å². The van der Waals surface area contributed by atoms with Gasteiger partial charge in [0.1, 0.15) is 0 Å². The molecule has 0 amide bonds. The third-order valence-corrected chi connectivity index (χ3v) is 6.05. The van der Waals surface area contributed by atoms with E-state index < -0.39 is 10.0 Å². The maximum absolute atomic E-state index is 12.1. The molecule has 0 saturated heterocycles. The highest BCUT2D eigenvalue weighted by molar-refractivity contribution is 7.89. The van der Waals surface area contributed by atoms with Crippen molar-refractivity contribution < 1.29 is 13.2 Å². The number of hydrogen-bond donors (Lipinski definition) is 1. The molecule has 0 aliphatic carbocycles. The third-order valence-electron chi connectivity index (χ3n) is 3.86. The molecule has 1 atom stereocenters. The third kappa shape index (κ3) is 7.70. The predicted octanol–water partition coefficient (Wildman–Crippen LogP) is 4.89. The van der Waals surface area contributed by atoms with E-state index in [1.165, 1.54) is 37.5 Å². The Morgan fingerprint density at radius 2 is 1.92 bits per heavy atom. The summed E-state index contributed by atoms with van der Waals surface area (Å²) in [5.41, 5.74) is 0. The van der Waals surface area contributed by atoms with Gasteiger partial charge in [-0.1, -0.05) is 56.3 Å². The van der Waals surface area contributed by atoms with Gasteiger partial charge in [0, 0.05) is 19.8 Å². The van der Waals surface area contributed by atoms with Gasteiger partial charge in [-0.15, -0.1) is 0 Å². The van der Waals surface area contributed by atoms with Crippen molar-refractivity contribution in [3.63, 3.8) is 0 Å². The van der Waals surface area contributed by atoms with Crippen molar-refractivity contribution in [3.8, 4) is 0 Å². The van der Waals surface area contributed by atoms with E-state index in [9.17, 15) is 8.42 Å². The average Bonchev–Trinajstić information content (AvgIpc) is 2.55. The van der Waals surface area contributed by atoms with Crippen LogP contribution in [0.15, 0.2) is 23.1 Å². The molecule has 24 heavy (non-hydrogen) atoms. The summed E-state index contributed by atoms with van der Waals surface area (Å²) in [6.07, 6.45) is 5.37. The molecule has 0 radical (unpaired) electrons. The van der Waals surface area contributed by atoms with Crippen LogP contribution in [0.25, 0.3) is 0 Å². The van der Waals surface area contributed by atoms with Crippen LogP contribution in [0.4, 0.5) is 0 Å². The Morgan fingerprint density at radius 3 is 2.54 bits per heavy atom. The number of sulfonamides is 1. The Labute approximate surface area is 155 Å². The zero-order valence-corrected chi connectivity index (χ0v) is 16.7. The van der Waals surface area contributed by atoms with Gasteiger partial charge in [0.15, 0.2) is 0 Å². The molecule has 0 saturated carbocycles. The topological polar surface area (TPSA) is 55.4 Å². The van der Waals surface area contributed by atoms with Crippen LogP contribution in [0.2, 0.25) is 10.0 Å². The number of benzene rings is 1. The molecule has 0 heterocycles. The minimum absolute atomic E-state index is 0.114.